The summed E-state index contributed by atoms with van der Waals surface area (Å²) < 4.78 is 15.5. The summed E-state index contributed by atoms with van der Waals surface area (Å²) in [4.78, 5) is 12.4. The number of aromatic hydroxyl groups is 1. The highest BCUT2D eigenvalue weighted by Gasteiger charge is 2.36. The maximum Gasteiger partial charge on any atom is 0.338 e. The number of carbonyl (C=O) groups is 1. The van der Waals surface area contributed by atoms with Crippen LogP contribution < -0.4 is 10.5 Å². The van der Waals surface area contributed by atoms with Crippen molar-refractivity contribution in [1.82, 2.24) is 0 Å². The predicted molar refractivity (Wildman–Crippen MR) is 84.6 cm³/mol. The number of phenolic OH excluding ortho intramolecular Hbond substituents is 1. The summed E-state index contributed by atoms with van der Waals surface area (Å²) in [6, 6.07) is 6.54. The molecular formula is C17H18N2O5. The Morgan fingerprint density at radius 1 is 1.50 bits per heavy atom. The Morgan fingerprint density at radius 3 is 2.79 bits per heavy atom. The van der Waals surface area contributed by atoms with Crippen LogP contribution in [0.5, 0.6) is 11.5 Å². The first-order valence-electron chi connectivity index (χ1n) is 7.26. The second kappa shape index (κ2) is 6.96. The molecule has 0 aromatic heterocycles. The number of allylic oxidation sites excluding steroid dienone is 2. The van der Waals surface area contributed by atoms with E-state index in [0.717, 1.165) is 0 Å². The molecule has 0 saturated heterocycles. The van der Waals surface area contributed by atoms with E-state index in [-0.39, 0.29) is 40.9 Å². The summed E-state index contributed by atoms with van der Waals surface area (Å²) in [5, 5.41) is 19.2. The molecule has 0 unspecified atom stereocenters. The van der Waals surface area contributed by atoms with E-state index in [2.05, 4.69) is 0 Å². The summed E-state index contributed by atoms with van der Waals surface area (Å²) in [5.41, 5.74) is 6.65. The highest BCUT2D eigenvalue weighted by Crippen LogP contribution is 2.41. The fourth-order valence-corrected chi connectivity index (χ4v) is 2.56. The summed E-state index contributed by atoms with van der Waals surface area (Å²) in [6.45, 7) is 3.45. The third kappa shape index (κ3) is 2.99. The molecule has 1 aromatic rings. The zero-order valence-corrected chi connectivity index (χ0v) is 13.6. The molecule has 0 fully saturated rings. The standard InChI is InChI=1S/C17H18N2O5/c1-4-23-17(21)14-9(2)24-16(19)11(8-18)15(14)10-5-6-12(20)13(7-10)22-3/h5-7,15,20H,4,19H2,1-3H3/t15-/m1/s1. The second-order valence-electron chi connectivity index (χ2n) is 5.05. The van der Waals surface area contributed by atoms with Gasteiger partial charge < -0.3 is 25.1 Å². The van der Waals surface area contributed by atoms with Gasteiger partial charge in [-0.3, -0.25) is 0 Å². The number of carbonyl (C=O) groups excluding carboxylic acids is 1. The molecule has 1 aromatic carbocycles. The predicted octanol–water partition coefficient (Wildman–Crippen LogP) is 2.05. The molecule has 7 nitrogen and oxygen atoms in total. The van der Waals surface area contributed by atoms with E-state index < -0.39 is 11.9 Å². The Hall–Kier alpha value is -3.14. The molecule has 7 heteroatoms. The van der Waals surface area contributed by atoms with Gasteiger partial charge in [0, 0.05) is 0 Å². The van der Waals surface area contributed by atoms with E-state index in [1.54, 1.807) is 26.0 Å². The van der Waals surface area contributed by atoms with Gasteiger partial charge in [-0.15, -0.1) is 0 Å². The summed E-state index contributed by atoms with van der Waals surface area (Å²) >= 11 is 0. The van der Waals surface area contributed by atoms with Crippen LogP contribution in [0.4, 0.5) is 0 Å². The molecule has 0 radical (unpaired) electrons. The van der Waals surface area contributed by atoms with Crippen LogP contribution in [0.2, 0.25) is 0 Å². The number of rotatable bonds is 4. The molecule has 126 valence electrons. The largest absolute Gasteiger partial charge is 0.504 e. The van der Waals surface area contributed by atoms with E-state index in [1.165, 1.54) is 13.2 Å². The lowest BCUT2D eigenvalue weighted by Gasteiger charge is -2.27. The number of phenols is 1. The minimum Gasteiger partial charge on any atom is -0.504 e. The van der Waals surface area contributed by atoms with Gasteiger partial charge in [-0.25, -0.2) is 4.79 Å². The fraction of sp³-hybridized carbons (Fsp3) is 0.294. The normalized spacial score (nSPS) is 17.2. The van der Waals surface area contributed by atoms with Crippen molar-refractivity contribution < 1.29 is 24.1 Å². The number of esters is 1. The number of nitrogens with zero attached hydrogens (tertiary/aromatic N) is 1. The van der Waals surface area contributed by atoms with Crippen LogP contribution in [0.15, 0.2) is 41.0 Å². The maximum atomic E-state index is 12.4. The minimum absolute atomic E-state index is 0.0536. The molecule has 0 bridgehead atoms. The maximum absolute atomic E-state index is 12.4. The SMILES string of the molecule is CCOC(=O)C1=C(C)OC(N)=C(C#N)[C@H]1c1ccc(O)c(OC)c1. The molecule has 1 heterocycles. The van der Waals surface area contributed by atoms with E-state index in [0.29, 0.717) is 5.56 Å². The lowest BCUT2D eigenvalue weighted by atomic mass is 9.83. The average Bonchev–Trinajstić information content (AvgIpc) is 2.54. The van der Waals surface area contributed by atoms with Gasteiger partial charge in [0.2, 0.25) is 5.88 Å². The highest BCUT2D eigenvalue weighted by atomic mass is 16.5. The molecule has 1 atom stereocenters. The zero-order chi connectivity index (χ0) is 17.9. The topological polar surface area (TPSA) is 115 Å². The quantitative estimate of drug-likeness (QED) is 0.812. The third-order valence-corrected chi connectivity index (χ3v) is 3.64. The molecule has 3 N–H and O–H groups in total. The van der Waals surface area contributed by atoms with Crippen LogP contribution in [0, 0.1) is 11.3 Å². The lowest BCUT2D eigenvalue weighted by molar-refractivity contribution is -0.139. The minimum atomic E-state index is -0.766. The molecule has 0 saturated carbocycles. The van der Waals surface area contributed by atoms with Crippen molar-refractivity contribution in [2.75, 3.05) is 13.7 Å². The Bertz CT molecular complexity index is 774. The second-order valence-corrected chi connectivity index (χ2v) is 5.05. The summed E-state index contributed by atoms with van der Waals surface area (Å²) in [6.07, 6.45) is 0. The van der Waals surface area contributed by atoms with E-state index in [4.69, 9.17) is 19.9 Å². The molecule has 0 amide bonds. The molecule has 0 aliphatic carbocycles. The molecular weight excluding hydrogens is 312 g/mol. The van der Waals surface area contributed by atoms with Gasteiger partial charge in [-0.1, -0.05) is 6.07 Å². The summed E-state index contributed by atoms with van der Waals surface area (Å²) in [5.74, 6) is -0.996. The monoisotopic (exact) mass is 330 g/mol. The molecule has 2 rings (SSSR count). The number of nitriles is 1. The third-order valence-electron chi connectivity index (χ3n) is 3.64. The van der Waals surface area contributed by atoms with Crippen LogP contribution in [0.3, 0.4) is 0 Å². The molecule has 0 spiro atoms. The van der Waals surface area contributed by atoms with Crippen molar-refractivity contribution in [1.29, 1.82) is 5.26 Å². The first kappa shape index (κ1) is 17.2. The van der Waals surface area contributed by atoms with Crippen molar-refractivity contribution >= 4 is 5.97 Å². The van der Waals surface area contributed by atoms with Gasteiger partial charge >= 0.3 is 5.97 Å². The van der Waals surface area contributed by atoms with Crippen LogP contribution in [-0.2, 0) is 14.3 Å². The van der Waals surface area contributed by atoms with Gasteiger partial charge in [0.05, 0.1) is 25.2 Å². The van der Waals surface area contributed by atoms with Gasteiger partial charge in [0.15, 0.2) is 11.5 Å². The van der Waals surface area contributed by atoms with Crippen LogP contribution in [0.1, 0.15) is 25.3 Å². The average molecular weight is 330 g/mol. The number of nitrogens with two attached hydrogens (primary N) is 1. The number of methoxy groups -OCH3 is 1. The molecule has 24 heavy (non-hydrogen) atoms. The molecule has 1 aliphatic heterocycles. The van der Waals surface area contributed by atoms with Gasteiger partial charge in [-0.05, 0) is 31.5 Å². The molecule has 1 aliphatic rings. The highest BCUT2D eigenvalue weighted by molar-refractivity contribution is 5.92. The Kier molecular flexibility index (Phi) is 4.99. The number of benzene rings is 1. The summed E-state index contributed by atoms with van der Waals surface area (Å²) in [7, 11) is 1.41. The van der Waals surface area contributed by atoms with Crippen molar-refractivity contribution in [3.05, 3.63) is 46.6 Å². The van der Waals surface area contributed by atoms with Gasteiger partial charge in [0.1, 0.15) is 17.4 Å². The van der Waals surface area contributed by atoms with E-state index in [9.17, 15) is 15.2 Å². The van der Waals surface area contributed by atoms with Crippen molar-refractivity contribution in [2.24, 2.45) is 5.73 Å². The smallest absolute Gasteiger partial charge is 0.338 e. The van der Waals surface area contributed by atoms with Gasteiger partial charge in [0.25, 0.3) is 0 Å². The zero-order valence-electron chi connectivity index (χ0n) is 13.6. The van der Waals surface area contributed by atoms with E-state index in [1.807, 2.05) is 6.07 Å². The van der Waals surface area contributed by atoms with Crippen molar-refractivity contribution in [3.63, 3.8) is 0 Å². The van der Waals surface area contributed by atoms with E-state index >= 15 is 0 Å². The van der Waals surface area contributed by atoms with Gasteiger partial charge in [-0.2, -0.15) is 5.26 Å². The number of hydrogen-bond acceptors (Lipinski definition) is 7. The van der Waals surface area contributed by atoms with Crippen molar-refractivity contribution in [2.45, 2.75) is 19.8 Å². The first-order valence-corrected chi connectivity index (χ1v) is 7.26. The van der Waals surface area contributed by atoms with Crippen LogP contribution >= 0.6 is 0 Å². The first-order chi connectivity index (χ1) is 11.4. The van der Waals surface area contributed by atoms with Crippen molar-refractivity contribution in [3.8, 4) is 17.6 Å². The number of hydrogen-bond donors (Lipinski definition) is 2. The van der Waals surface area contributed by atoms with Crippen LogP contribution in [-0.4, -0.2) is 24.8 Å². The Labute approximate surface area is 139 Å². The Morgan fingerprint density at radius 2 is 2.21 bits per heavy atom. The number of ether oxygens (including phenoxy) is 3. The fourth-order valence-electron chi connectivity index (χ4n) is 2.56. The lowest BCUT2D eigenvalue weighted by Crippen LogP contribution is -2.25. The Balaban J connectivity index is 2.64. The van der Waals surface area contributed by atoms with Crippen LogP contribution in [0.25, 0.3) is 0 Å².